The largest absolute Gasteiger partial charge is 0.303 e. The number of carbonyl (C=O) groups is 1. The van der Waals surface area contributed by atoms with E-state index in [1.165, 1.54) is 42.7 Å². The van der Waals surface area contributed by atoms with Gasteiger partial charge in [-0.1, -0.05) is 24.3 Å². The first kappa shape index (κ1) is 17.2. The highest BCUT2D eigenvalue weighted by atomic mass is 19.1. The minimum atomic E-state index is -0.528. The van der Waals surface area contributed by atoms with Crippen molar-refractivity contribution in [3.63, 3.8) is 0 Å². The predicted octanol–water partition coefficient (Wildman–Crippen LogP) is 4.12. The van der Waals surface area contributed by atoms with Crippen LogP contribution in [0.25, 0.3) is 11.8 Å². The lowest BCUT2D eigenvalue weighted by Gasteiger charge is -2.04. The number of hydrogen-bond acceptors (Lipinski definition) is 4. The molecule has 26 heavy (non-hydrogen) atoms. The number of nitro groups is 1. The highest BCUT2D eigenvalue weighted by molar-refractivity contribution is 6.07. The number of halogens is 1. The molecule has 0 aliphatic carbocycles. The number of aromatic nitrogens is 2. The summed E-state index contributed by atoms with van der Waals surface area (Å²) >= 11 is 0. The summed E-state index contributed by atoms with van der Waals surface area (Å²) in [6.07, 6.45) is 7.39. The number of aryl methyl sites for hydroxylation is 1. The monoisotopic (exact) mass is 351 g/mol. The number of nitro benzene ring substituents is 1. The highest BCUT2D eigenvalue weighted by Gasteiger charge is 2.13. The Morgan fingerprint density at radius 2 is 2.08 bits per heavy atom. The lowest BCUT2D eigenvalue weighted by atomic mass is 10.1. The van der Waals surface area contributed by atoms with Gasteiger partial charge in [0.05, 0.1) is 16.9 Å². The molecule has 3 aromatic rings. The Kier molecular flexibility index (Phi) is 4.70. The first-order valence-corrected chi connectivity index (χ1v) is 7.71. The van der Waals surface area contributed by atoms with Crippen LogP contribution in [0.15, 0.2) is 61.2 Å². The third-order valence-corrected chi connectivity index (χ3v) is 3.87. The maximum absolute atomic E-state index is 14.2. The molecular weight excluding hydrogens is 337 g/mol. The second-order valence-corrected chi connectivity index (χ2v) is 5.64. The Labute approximate surface area is 148 Å². The van der Waals surface area contributed by atoms with Crippen LogP contribution < -0.4 is 0 Å². The average Bonchev–Trinajstić information content (AvgIpc) is 3.14. The normalized spacial score (nSPS) is 11.0. The summed E-state index contributed by atoms with van der Waals surface area (Å²) in [4.78, 5) is 26.5. The van der Waals surface area contributed by atoms with Crippen LogP contribution in [0.3, 0.4) is 0 Å². The topological polar surface area (TPSA) is 78.0 Å². The second-order valence-electron chi connectivity index (χ2n) is 5.64. The molecule has 0 saturated heterocycles. The van der Waals surface area contributed by atoms with Crippen molar-refractivity contribution in [2.75, 3.05) is 0 Å². The molecule has 1 heterocycles. The predicted molar refractivity (Wildman–Crippen MR) is 94.7 cm³/mol. The molecule has 0 amide bonds. The fourth-order valence-corrected chi connectivity index (χ4v) is 2.47. The molecule has 0 radical (unpaired) electrons. The number of benzene rings is 2. The van der Waals surface area contributed by atoms with Crippen molar-refractivity contribution in [2.45, 2.75) is 6.92 Å². The van der Waals surface area contributed by atoms with Crippen molar-refractivity contribution >= 4 is 17.5 Å². The van der Waals surface area contributed by atoms with Crippen molar-refractivity contribution in [3.05, 3.63) is 93.8 Å². The van der Waals surface area contributed by atoms with Crippen LogP contribution in [-0.4, -0.2) is 20.3 Å². The Balaban J connectivity index is 1.82. The first-order chi connectivity index (χ1) is 12.5. The van der Waals surface area contributed by atoms with Crippen LogP contribution in [0, 0.1) is 22.9 Å². The van der Waals surface area contributed by atoms with E-state index in [1.807, 2.05) is 0 Å². The van der Waals surface area contributed by atoms with Crippen molar-refractivity contribution < 1.29 is 14.1 Å². The van der Waals surface area contributed by atoms with Gasteiger partial charge in [0.1, 0.15) is 5.82 Å². The maximum Gasteiger partial charge on any atom is 0.273 e. The Morgan fingerprint density at radius 1 is 1.27 bits per heavy atom. The SMILES string of the molecule is Cc1ccc(C(=O)C=Cc2ccc(-n3ccnc3)c(F)c2)cc1[N+](=O)[O-]. The van der Waals surface area contributed by atoms with Gasteiger partial charge in [-0.2, -0.15) is 0 Å². The first-order valence-electron chi connectivity index (χ1n) is 7.71. The number of hydrogen-bond donors (Lipinski definition) is 0. The van der Waals surface area contributed by atoms with Crippen molar-refractivity contribution in [1.29, 1.82) is 0 Å². The zero-order valence-corrected chi connectivity index (χ0v) is 13.8. The van der Waals surface area contributed by atoms with E-state index in [0.717, 1.165) is 0 Å². The smallest absolute Gasteiger partial charge is 0.273 e. The molecule has 7 heteroatoms. The van der Waals surface area contributed by atoms with Gasteiger partial charge in [0.15, 0.2) is 5.78 Å². The van der Waals surface area contributed by atoms with Crippen LogP contribution >= 0.6 is 0 Å². The zero-order valence-electron chi connectivity index (χ0n) is 13.8. The van der Waals surface area contributed by atoms with Gasteiger partial charge in [-0.3, -0.25) is 14.9 Å². The van der Waals surface area contributed by atoms with E-state index in [-0.39, 0.29) is 11.3 Å². The highest BCUT2D eigenvalue weighted by Crippen LogP contribution is 2.20. The summed E-state index contributed by atoms with van der Waals surface area (Å²) in [7, 11) is 0. The van der Waals surface area contributed by atoms with Crippen molar-refractivity contribution in [1.82, 2.24) is 9.55 Å². The van der Waals surface area contributed by atoms with Gasteiger partial charge < -0.3 is 4.57 Å². The molecule has 2 aromatic carbocycles. The van der Waals surface area contributed by atoms with Crippen molar-refractivity contribution in [3.8, 4) is 5.69 Å². The van der Waals surface area contributed by atoms with Crippen LogP contribution in [0.4, 0.5) is 10.1 Å². The van der Waals surface area contributed by atoms with Crippen LogP contribution in [-0.2, 0) is 0 Å². The van der Waals surface area contributed by atoms with Gasteiger partial charge in [-0.15, -0.1) is 0 Å². The quantitative estimate of drug-likeness (QED) is 0.300. The number of carbonyl (C=O) groups excluding carboxylic acids is 1. The van der Waals surface area contributed by atoms with E-state index in [0.29, 0.717) is 16.8 Å². The molecule has 0 aliphatic heterocycles. The van der Waals surface area contributed by atoms with Gasteiger partial charge in [-0.05, 0) is 30.7 Å². The van der Waals surface area contributed by atoms with Gasteiger partial charge in [0, 0.05) is 29.6 Å². The molecule has 1 aromatic heterocycles. The van der Waals surface area contributed by atoms with Crippen LogP contribution in [0.1, 0.15) is 21.5 Å². The molecule has 0 N–H and O–H groups in total. The number of rotatable bonds is 5. The lowest BCUT2D eigenvalue weighted by Crippen LogP contribution is -1.98. The molecule has 0 spiro atoms. The molecule has 3 rings (SSSR count). The van der Waals surface area contributed by atoms with Crippen molar-refractivity contribution in [2.24, 2.45) is 0 Å². The van der Waals surface area contributed by atoms with Gasteiger partial charge in [-0.25, -0.2) is 9.37 Å². The average molecular weight is 351 g/mol. The van der Waals surface area contributed by atoms with E-state index in [1.54, 1.807) is 36.0 Å². The minimum Gasteiger partial charge on any atom is -0.303 e. The fourth-order valence-electron chi connectivity index (χ4n) is 2.47. The number of imidazole rings is 1. The standard InChI is InChI=1S/C19H14FN3O3/c1-13-2-5-15(11-18(13)23(25)26)19(24)7-4-14-3-6-17(16(20)10-14)22-9-8-21-12-22/h2-12H,1H3. The Morgan fingerprint density at radius 3 is 2.73 bits per heavy atom. The number of nitrogens with zero attached hydrogens (tertiary/aromatic N) is 3. The van der Waals surface area contributed by atoms with E-state index >= 15 is 0 Å². The zero-order chi connectivity index (χ0) is 18.7. The van der Waals surface area contributed by atoms with E-state index in [4.69, 9.17) is 0 Å². The van der Waals surface area contributed by atoms with Gasteiger partial charge in [0.2, 0.25) is 0 Å². The third-order valence-electron chi connectivity index (χ3n) is 3.87. The molecule has 0 fully saturated rings. The second kappa shape index (κ2) is 7.10. The van der Waals surface area contributed by atoms with Gasteiger partial charge in [0.25, 0.3) is 5.69 Å². The summed E-state index contributed by atoms with van der Waals surface area (Å²) in [6, 6.07) is 8.84. The lowest BCUT2D eigenvalue weighted by molar-refractivity contribution is -0.385. The van der Waals surface area contributed by atoms with Crippen LogP contribution in [0.2, 0.25) is 0 Å². The third kappa shape index (κ3) is 3.56. The summed E-state index contributed by atoms with van der Waals surface area (Å²) in [5, 5.41) is 11.0. The van der Waals surface area contributed by atoms with Crippen LogP contribution in [0.5, 0.6) is 0 Å². The molecule has 0 unspecified atom stereocenters. The minimum absolute atomic E-state index is 0.111. The van der Waals surface area contributed by atoms with E-state index in [9.17, 15) is 19.3 Å². The summed E-state index contributed by atoms with van der Waals surface area (Å²) in [6.45, 7) is 1.60. The molecular formula is C19H14FN3O3. The number of ketones is 1. The fraction of sp³-hybridized carbons (Fsp3) is 0.0526. The molecule has 6 nitrogen and oxygen atoms in total. The Hall–Kier alpha value is -3.61. The van der Waals surface area contributed by atoms with E-state index in [2.05, 4.69) is 4.98 Å². The Bertz CT molecular complexity index is 1010. The molecule has 0 atom stereocenters. The molecule has 0 aliphatic rings. The van der Waals surface area contributed by atoms with E-state index < -0.39 is 16.5 Å². The number of allylic oxidation sites excluding steroid dienone is 1. The molecule has 0 bridgehead atoms. The molecule has 0 saturated carbocycles. The maximum atomic E-state index is 14.2. The van der Waals surface area contributed by atoms with Gasteiger partial charge >= 0.3 is 0 Å². The summed E-state index contributed by atoms with van der Waals surface area (Å²) in [5.74, 6) is -0.851. The summed E-state index contributed by atoms with van der Waals surface area (Å²) < 4.78 is 15.7. The summed E-state index contributed by atoms with van der Waals surface area (Å²) in [5.41, 5.74) is 1.42. The molecule has 130 valence electrons.